The Labute approximate surface area is 161 Å². The first-order valence-electron chi connectivity index (χ1n) is 9.01. The van der Waals surface area contributed by atoms with E-state index in [1.807, 2.05) is 0 Å². The number of nitrogens with zero attached hydrogens (tertiary/aromatic N) is 1. The van der Waals surface area contributed by atoms with Gasteiger partial charge in [0.05, 0.1) is 15.9 Å². The molecule has 1 aliphatic rings. The van der Waals surface area contributed by atoms with Crippen molar-refractivity contribution in [2.24, 2.45) is 5.92 Å². The van der Waals surface area contributed by atoms with Gasteiger partial charge in [-0.25, -0.2) is 13.2 Å². The lowest BCUT2D eigenvalue weighted by Crippen LogP contribution is -2.41. The topological polar surface area (TPSA) is 115 Å². The Kier molecular flexibility index (Phi) is 4.78. The van der Waals surface area contributed by atoms with Crippen LogP contribution in [0.1, 0.15) is 12.8 Å². The lowest BCUT2D eigenvalue weighted by Gasteiger charge is -2.30. The van der Waals surface area contributed by atoms with E-state index in [1.54, 1.807) is 48.5 Å². The second kappa shape index (κ2) is 7.25. The maximum Gasteiger partial charge on any atom is 0.323 e. The van der Waals surface area contributed by atoms with Crippen molar-refractivity contribution in [3.05, 3.63) is 59.0 Å². The van der Waals surface area contributed by atoms with E-state index in [9.17, 15) is 18.0 Å². The van der Waals surface area contributed by atoms with Gasteiger partial charge in [0.15, 0.2) is 0 Å². The Hall–Kier alpha value is -2.91. The summed E-state index contributed by atoms with van der Waals surface area (Å²) in [6, 6.07) is 13.5. The number of aromatic amines is 2. The molecule has 1 saturated heterocycles. The maximum absolute atomic E-state index is 12.7. The fourth-order valence-corrected chi connectivity index (χ4v) is 4.95. The van der Waals surface area contributed by atoms with Crippen LogP contribution in [-0.2, 0) is 14.8 Å². The number of H-pyrrole nitrogens is 2. The Morgan fingerprint density at radius 3 is 2.39 bits per heavy atom. The first-order valence-corrected chi connectivity index (χ1v) is 10.5. The smallest absolute Gasteiger partial charge is 0.323 e. The highest BCUT2D eigenvalue weighted by molar-refractivity contribution is 7.89. The molecule has 4 rings (SSSR count). The quantitative estimate of drug-likeness (QED) is 0.620. The lowest BCUT2D eigenvalue weighted by atomic mass is 9.97. The maximum atomic E-state index is 12.7. The summed E-state index contributed by atoms with van der Waals surface area (Å²) < 4.78 is 26.8. The number of piperidine rings is 1. The Bertz CT molecular complexity index is 1160. The van der Waals surface area contributed by atoms with E-state index in [0.29, 0.717) is 42.7 Å². The van der Waals surface area contributed by atoms with Crippen molar-refractivity contribution < 1.29 is 13.2 Å². The van der Waals surface area contributed by atoms with Gasteiger partial charge in [-0.1, -0.05) is 18.2 Å². The van der Waals surface area contributed by atoms with E-state index < -0.39 is 10.0 Å². The zero-order valence-electron chi connectivity index (χ0n) is 15.0. The molecule has 0 atom stereocenters. The molecule has 146 valence electrons. The van der Waals surface area contributed by atoms with E-state index in [1.165, 1.54) is 4.31 Å². The average Bonchev–Trinajstić information content (AvgIpc) is 3.08. The van der Waals surface area contributed by atoms with Gasteiger partial charge in [0.25, 0.3) is 0 Å². The minimum atomic E-state index is -3.53. The number of hydrogen-bond acceptors (Lipinski definition) is 4. The number of fused-ring (bicyclic) bond motifs is 1. The minimum absolute atomic E-state index is 0.144. The molecule has 28 heavy (non-hydrogen) atoms. The molecule has 1 amide bonds. The van der Waals surface area contributed by atoms with Gasteiger partial charge in [-0.3, -0.25) is 4.79 Å². The Balaban J connectivity index is 1.40. The van der Waals surface area contributed by atoms with Crippen molar-refractivity contribution in [3.63, 3.8) is 0 Å². The number of nitrogens with one attached hydrogen (secondary N) is 3. The van der Waals surface area contributed by atoms with Gasteiger partial charge in [0, 0.05) is 24.7 Å². The monoisotopic (exact) mass is 400 g/mol. The molecule has 1 aliphatic heterocycles. The van der Waals surface area contributed by atoms with E-state index in [0.717, 1.165) is 0 Å². The summed E-state index contributed by atoms with van der Waals surface area (Å²) >= 11 is 0. The van der Waals surface area contributed by atoms with E-state index in [4.69, 9.17) is 0 Å². The van der Waals surface area contributed by atoms with Crippen LogP contribution in [0.25, 0.3) is 11.0 Å². The summed E-state index contributed by atoms with van der Waals surface area (Å²) in [5.41, 5.74) is 1.58. The van der Waals surface area contributed by atoms with Crippen LogP contribution in [0.3, 0.4) is 0 Å². The predicted molar refractivity (Wildman–Crippen MR) is 105 cm³/mol. The van der Waals surface area contributed by atoms with Crippen LogP contribution in [0.15, 0.2) is 58.2 Å². The number of carbonyl (C=O) groups excluding carboxylic acids is 1. The second-order valence-electron chi connectivity index (χ2n) is 6.82. The van der Waals surface area contributed by atoms with Gasteiger partial charge in [0.2, 0.25) is 15.9 Å². The van der Waals surface area contributed by atoms with Crippen molar-refractivity contribution in [2.75, 3.05) is 18.4 Å². The molecule has 8 nitrogen and oxygen atoms in total. The van der Waals surface area contributed by atoms with Crippen molar-refractivity contribution in [1.29, 1.82) is 0 Å². The number of imidazole rings is 1. The first-order chi connectivity index (χ1) is 13.4. The zero-order chi connectivity index (χ0) is 19.7. The van der Waals surface area contributed by atoms with E-state index in [-0.39, 0.29) is 22.4 Å². The number of benzene rings is 2. The number of aromatic nitrogens is 2. The summed E-state index contributed by atoms with van der Waals surface area (Å²) in [4.78, 5) is 29.5. The van der Waals surface area contributed by atoms with E-state index >= 15 is 0 Å². The Morgan fingerprint density at radius 1 is 1.00 bits per heavy atom. The molecule has 0 spiro atoms. The number of hydrogen-bond donors (Lipinski definition) is 3. The fraction of sp³-hybridized carbons (Fsp3) is 0.263. The predicted octanol–water partition coefficient (Wildman–Crippen LogP) is 1.90. The first kappa shape index (κ1) is 18.5. The standard InChI is InChI=1S/C19H20N4O4S/c24-18(20-14-6-7-16-17(12-14)22-19(25)21-16)13-8-10-23(11-9-13)28(26,27)15-4-2-1-3-5-15/h1-7,12-13H,8-11H2,(H,20,24)(H2,21,22,25). The number of amides is 1. The van der Waals surface area contributed by atoms with Crippen LogP contribution in [0.4, 0.5) is 5.69 Å². The number of anilines is 1. The molecule has 0 aliphatic carbocycles. The molecule has 3 aromatic rings. The van der Waals surface area contributed by atoms with Crippen LogP contribution < -0.4 is 11.0 Å². The average molecular weight is 400 g/mol. The van der Waals surface area contributed by atoms with Gasteiger partial charge >= 0.3 is 5.69 Å². The molecule has 2 aromatic carbocycles. The second-order valence-corrected chi connectivity index (χ2v) is 8.76. The zero-order valence-corrected chi connectivity index (χ0v) is 15.8. The summed E-state index contributed by atoms with van der Waals surface area (Å²) in [6.45, 7) is 0.610. The van der Waals surface area contributed by atoms with Gasteiger partial charge in [-0.15, -0.1) is 0 Å². The van der Waals surface area contributed by atoms with Crippen molar-refractivity contribution in [1.82, 2.24) is 14.3 Å². The number of sulfonamides is 1. The molecule has 0 radical (unpaired) electrons. The normalized spacial score (nSPS) is 16.3. The molecule has 3 N–H and O–H groups in total. The fourth-order valence-electron chi connectivity index (χ4n) is 3.45. The SMILES string of the molecule is O=C(Nc1ccc2[nH]c(=O)[nH]c2c1)C1CCN(S(=O)(=O)c2ccccc2)CC1. The highest BCUT2D eigenvalue weighted by Gasteiger charge is 2.32. The molecule has 0 unspecified atom stereocenters. The third-order valence-corrected chi connectivity index (χ3v) is 6.90. The van der Waals surface area contributed by atoms with Crippen LogP contribution in [0.5, 0.6) is 0 Å². The summed E-state index contributed by atoms with van der Waals surface area (Å²) in [5, 5.41) is 2.86. The highest BCUT2D eigenvalue weighted by Crippen LogP contribution is 2.25. The lowest BCUT2D eigenvalue weighted by molar-refractivity contribution is -0.120. The molecule has 1 fully saturated rings. The third-order valence-electron chi connectivity index (χ3n) is 4.99. The van der Waals surface area contributed by atoms with Gasteiger partial charge in [0.1, 0.15) is 0 Å². The van der Waals surface area contributed by atoms with Gasteiger partial charge in [-0.2, -0.15) is 4.31 Å². The molecular weight excluding hydrogens is 380 g/mol. The molecule has 0 bridgehead atoms. The molecule has 9 heteroatoms. The van der Waals surface area contributed by atoms with Crippen molar-refractivity contribution in [2.45, 2.75) is 17.7 Å². The minimum Gasteiger partial charge on any atom is -0.326 e. The van der Waals surface area contributed by atoms with Crippen LogP contribution >= 0.6 is 0 Å². The molecule has 2 heterocycles. The Morgan fingerprint density at radius 2 is 1.68 bits per heavy atom. The number of carbonyl (C=O) groups is 1. The van der Waals surface area contributed by atoms with Crippen molar-refractivity contribution in [3.8, 4) is 0 Å². The molecule has 1 aromatic heterocycles. The van der Waals surface area contributed by atoms with Crippen LogP contribution in [0.2, 0.25) is 0 Å². The number of rotatable bonds is 4. The largest absolute Gasteiger partial charge is 0.326 e. The van der Waals surface area contributed by atoms with Crippen LogP contribution in [-0.4, -0.2) is 41.7 Å². The summed E-state index contributed by atoms with van der Waals surface area (Å²) in [7, 11) is -3.53. The molecular formula is C19H20N4O4S. The molecule has 0 saturated carbocycles. The third kappa shape index (κ3) is 3.58. The summed E-state index contributed by atoms with van der Waals surface area (Å²) in [6.07, 6.45) is 0.919. The van der Waals surface area contributed by atoms with E-state index in [2.05, 4.69) is 15.3 Å². The van der Waals surface area contributed by atoms with Gasteiger partial charge < -0.3 is 15.3 Å². The van der Waals surface area contributed by atoms with Gasteiger partial charge in [-0.05, 0) is 43.2 Å². The highest BCUT2D eigenvalue weighted by atomic mass is 32.2. The summed E-state index contributed by atoms with van der Waals surface area (Å²) in [5.74, 6) is -0.405. The van der Waals surface area contributed by atoms with Crippen molar-refractivity contribution >= 4 is 32.7 Å². The van der Waals surface area contributed by atoms with Crippen LogP contribution in [0, 0.1) is 5.92 Å².